The molecule has 2 aliphatic rings. The van der Waals surface area contributed by atoms with Gasteiger partial charge in [-0.2, -0.15) is 0 Å². The lowest BCUT2D eigenvalue weighted by molar-refractivity contribution is -0.123. The Morgan fingerprint density at radius 3 is 2.31 bits per heavy atom. The summed E-state index contributed by atoms with van der Waals surface area (Å²) in [4.78, 5) is 31.4. The van der Waals surface area contributed by atoms with Gasteiger partial charge in [0, 0.05) is 32.7 Å². The molecule has 1 atom stereocenters. The van der Waals surface area contributed by atoms with E-state index >= 15 is 0 Å². The zero-order valence-corrected chi connectivity index (χ0v) is 16.8. The summed E-state index contributed by atoms with van der Waals surface area (Å²) in [5, 5.41) is 0. The van der Waals surface area contributed by atoms with Crippen molar-refractivity contribution in [3.63, 3.8) is 0 Å². The molecule has 2 heterocycles. The number of hydrogen-bond acceptors (Lipinski definition) is 4. The fourth-order valence-corrected chi connectivity index (χ4v) is 4.03. The Kier molecular flexibility index (Phi) is 5.88. The van der Waals surface area contributed by atoms with Crippen molar-refractivity contribution >= 4 is 23.6 Å². The Morgan fingerprint density at radius 1 is 0.931 bits per heavy atom. The summed E-state index contributed by atoms with van der Waals surface area (Å²) in [5.74, 6) is -0.187. The number of rotatable bonds is 5. The van der Waals surface area contributed by atoms with Crippen molar-refractivity contribution in [2.75, 3.05) is 37.6 Å². The minimum atomic E-state index is -0.328. The summed E-state index contributed by atoms with van der Waals surface area (Å²) >= 11 is 0. The van der Waals surface area contributed by atoms with Gasteiger partial charge in [0.2, 0.25) is 5.91 Å². The van der Waals surface area contributed by atoms with Crippen molar-refractivity contribution in [1.29, 1.82) is 0 Å². The van der Waals surface area contributed by atoms with Crippen molar-refractivity contribution in [3.05, 3.63) is 71.8 Å². The molecule has 0 spiro atoms. The van der Waals surface area contributed by atoms with Crippen LogP contribution < -0.4 is 4.90 Å². The van der Waals surface area contributed by atoms with Crippen molar-refractivity contribution in [1.82, 2.24) is 9.80 Å². The Labute approximate surface area is 172 Å². The maximum atomic E-state index is 12.9. The predicted molar refractivity (Wildman–Crippen MR) is 116 cm³/mol. The summed E-state index contributed by atoms with van der Waals surface area (Å²) in [7, 11) is 0. The molecule has 0 N–H and O–H groups in total. The van der Waals surface area contributed by atoms with Crippen molar-refractivity contribution in [2.24, 2.45) is 0 Å². The molecule has 150 valence electrons. The van der Waals surface area contributed by atoms with E-state index in [0.29, 0.717) is 5.69 Å². The zero-order chi connectivity index (χ0) is 20.2. The standard InChI is InChI=1S/C24H27N3O2/c1-19-9-11-21(12-10-19)27-23(28)18-22(24(27)29)26-16-14-25(15-17-26)13-5-8-20-6-3-2-4-7-20/h2-12,22H,13-18H2,1H3. The lowest BCUT2D eigenvalue weighted by atomic mass is 10.1. The van der Waals surface area contributed by atoms with Crippen LogP contribution in [0.15, 0.2) is 60.7 Å². The van der Waals surface area contributed by atoms with Gasteiger partial charge >= 0.3 is 0 Å². The molecule has 2 fully saturated rings. The Balaban J connectivity index is 1.31. The zero-order valence-electron chi connectivity index (χ0n) is 16.8. The minimum absolute atomic E-state index is 0.0868. The highest BCUT2D eigenvalue weighted by atomic mass is 16.2. The number of imide groups is 1. The molecule has 0 aliphatic carbocycles. The highest BCUT2D eigenvalue weighted by Crippen LogP contribution is 2.26. The third-order valence-corrected chi connectivity index (χ3v) is 5.74. The number of piperazine rings is 1. The first-order chi connectivity index (χ1) is 14.1. The summed E-state index contributed by atoms with van der Waals surface area (Å²) in [6.07, 6.45) is 4.61. The summed E-state index contributed by atoms with van der Waals surface area (Å²) < 4.78 is 0. The van der Waals surface area contributed by atoms with E-state index < -0.39 is 0 Å². The number of aryl methyl sites for hydroxylation is 1. The molecular formula is C24H27N3O2. The van der Waals surface area contributed by atoms with Gasteiger partial charge in [-0.3, -0.25) is 19.4 Å². The molecule has 2 aliphatic heterocycles. The number of benzene rings is 2. The van der Waals surface area contributed by atoms with E-state index in [1.54, 1.807) is 0 Å². The van der Waals surface area contributed by atoms with Crippen molar-refractivity contribution in [3.8, 4) is 0 Å². The van der Waals surface area contributed by atoms with Crippen LogP contribution in [0, 0.1) is 6.92 Å². The predicted octanol–water partition coefficient (Wildman–Crippen LogP) is 2.96. The first kappa shape index (κ1) is 19.6. The summed E-state index contributed by atoms with van der Waals surface area (Å²) in [6.45, 7) is 6.32. The number of amides is 2. The van der Waals surface area contributed by atoms with E-state index in [9.17, 15) is 9.59 Å². The molecule has 1 unspecified atom stereocenters. The highest BCUT2D eigenvalue weighted by molar-refractivity contribution is 6.22. The monoisotopic (exact) mass is 389 g/mol. The maximum absolute atomic E-state index is 12.9. The Bertz CT molecular complexity index is 884. The number of anilines is 1. The van der Waals surface area contributed by atoms with Crippen LogP contribution in [-0.4, -0.2) is 60.4 Å². The van der Waals surface area contributed by atoms with Crippen LogP contribution in [-0.2, 0) is 9.59 Å². The molecule has 2 aromatic rings. The topological polar surface area (TPSA) is 43.9 Å². The van der Waals surface area contributed by atoms with Crippen LogP contribution in [0.5, 0.6) is 0 Å². The molecule has 0 bridgehead atoms. The molecule has 0 saturated carbocycles. The molecule has 0 aromatic heterocycles. The van der Waals surface area contributed by atoms with E-state index in [1.807, 2.05) is 49.4 Å². The van der Waals surface area contributed by atoms with Gasteiger partial charge in [0.05, 0.1) is 18.2 Å². The normalized spacial score (nSPS) is 21.4. The highest BCUT2D eigenvalue weighted by Gasteiger charge is 2.43. The molecule has 2 aromatic carbocycles. The second-order valence-corrected chi connectivity index (χ2v) is 7.77. The van der Waals surface area contributed by atoms with Gasteiger partial charge in [-0.05, 0) is 24.6 Å². The van der Waals surface area contributed by atoms with Crippen LogP contribution in [0.1, 0.15) is 17.5 Å². The second-order valence-electron chi connectivity index (χ2n) is 7.77. The van der Waals surface area contributed by atoms with Crippen LogP contribution in [0.25, 0.3) is 6.08 Å². The maximum Gasteiger partial charge on any atom is 0.251 e. The third kappa shape index (κ3) is 4.47. The lowest BCUT2D eigenvalue weighted by Crippen LogP contribution is -2.52. The average Bonchev–Trinajstić information content (AvgIpc) is 3.04. The minimum Gasteiger partial charge on any atom is -0.297 e. The smallest absolute Gasteiger partial charge is 0.251 e. The first-order valence-corrected chi connectivity index (χ1v) is 10.2. The van der Waals surface area contributed by atoms with Gasteiger partial charge < -0.3 is 0 Å². The molecule has 2 amide bonds. The quantitative estimate of drug-likeness (QED) is 0.738. The molecule has 4 rings (SSSR count). The van der Waals surface area contributed by atoms with Gasteiger partial charge in [-0.15, -0.1) is 0 Å². The third-order valence-electron chi connectivity index (χ3n) is 5.74. The number of nitrogens with zero attached hydrogens (tertiary/aromatic N) is 3. The number of carbonyl (C=O) groups excluding carboxylic acids is 2. The largest absolute Gasteiger partial charge is 0.297 e. The first-order valence-electron chi connectivity index (χ1n) is 10.2. The Morgan fingerprint density at radius 2 is 1.62 bits per heavy atom. The SMILES string of the molecule is Cc1ccc(N2C(=O)CC(N3CCN(CC=Cc4ccccc4)CC3)C2=O)cc1. The van der Waals surface area contributed by atoms with Gasteiger partial charge in [0.1, 0.15) is 0 Å². The van der Waals surface area contributed by atoms with Crippen LogP contribution in [0.3, 0.4) is 0 Å². The van der Waals surface area contributed by atoms with E-state index in [2.05, 4.69) is 34.1 Å². The van der Waals surface area contributed by atoms with E-state index in [4.69, 9.17) is 0 Å². The second kappa shape index (κ2) is 8.72. The summed E-state index contributed by atoms with van der Waals surface area (Å²) in [5.41, 5.74) is 3.00. The molecule has 29 heavy (non-hydrogen) atoms. The molecule has 5 nitrogen and oxygen atoms in total. The molecular weight excluding hydrogens is 362 g/mol. The van der Waals surface area contributed by atoms with Gasteiger partial charge in [0.25, 0.3) is 5.91 Å². The van der Waals surface area contributed by atoms with Crippen molar-refractivity contribution in [2.45, 2.75) is 19.4 Å². The van der Waals surface area contributed by atoms with E-state index in [0.717, 1.165) is 38.3 Å². The number of hydrogen-bond donors (Lipinski definition) is 0. The molecule has 0 radical (unpaired) electrons. The van der Waals surface area contributed by atoms with E-state index in [1.165, 1.54) is 10.5 Å². The van der Waals surface area contributed by atoms with Crippen LogP contribution >= 0.6 is 0 Å². The fourth-order valence-electron chi connectivity index (χ4n) is 4.03. The summed E-state index contributed by atoms with van der Waals surface area (Å²) in [6, 6.07) is 17.5. The van der Waals surface area contributed by atoms with E-state index in [-0.39, 0.29) is 24.3 Å². The van der Waals surface area contributed by atoms with Gasteiger partial charge in [0.15, 0.2) is 0 Å². The average molecular weight is 389 g/mol. The van der Waals surface area contributed by atoms with Crippen LogP contribution in [0.4, 0.5) is 5.69 Å². The number of carbonyl (C=O) groups is 2. The van der Waals surface area contributed by atoms with Crippen LogP contribution in [0.2, 0.25) is 0 Å². The fraction of sp³-hybridized carbons (Fsp3) is 0.333. The molecule has 5 heteroatoms. The van der Waals surface area contributed by atoms with Gasteiger partial charge in [-0.25, -0.2) is 4.90 Å². The lowest BCUT2D eigenvalue weighted by Gasteiger charge is -2.36. The molecule has 2 saturated heterocycles. The Hall–Kier alpha value is -2.76. The van der Waals surface area contributed by atoms with Gasteiger partial charge in [-0.1, -0.05) is 60.2 Å². The van der Waals surface area contributed by atoms with Crippen molar-refractivity contribution < 1.29 is 9.59 Å².